The minimum absolute atomic E-state index is 0.0231. The molecule has 0 saturated heterocycles. The summed E-state index contributed by atoms with van der Waals surface area (Å²) in [6, 6.07) is 16.9. The Hall–Kier alpha value is -3.86. The van der Waals surface area contributed by atoms with Crippen molar-refractivity contribution in [2.75, 3.05) is 0 Å². The Kier molecular flexibility index (Phi) is 6.28. The molecule has 2 aromatic carbocycles. The maximum Gasteiger partial charge on any atom is 0.501 e. The second-order valence-electron chi connectivity index (χ2n) is 7.87. The summed E-state index contributed by atoms with van der Waals surface area (Å²) in [7, 11) is -5.53. The van der Waals surface area contributed by atoms with Gasteiger partial charge in [-0.1, -0.05) is 30.3 Å². The average Bonchev–Trinajstić information content (AvgIpc) is 3.02. The predicted octanol–water partition coefficient (Wildman–Crippen LogP) is 3.98. The van der Waals surface area contributed by atoms with Gasteiger partial charge in [0.1, 0.15) is 0 Å². The Bertz CT molecular complexity index is 1530. The molecule has 0 atom stereocenters. The summed E-state index contributed by atoms with van der Waals surface area (Å²) in [5, 5.41) is 10.6. The molecule has 4 aromatic rings. The van der Waals surface area contributed by atoms with Crippen LogP contribution < -0.4 is 5.69 Å². The summed E-state index contributed by atoms with van der Waals surface area (Å²) in [6.45, 7) is 1.65. The molecule has 0 fully saturated rings. The van der Waals surface area contributed by atoms with E-state index in [1.807, 2.05) is 36.4 Å². The van der Waals surface area contributed by atoms with Crippen LogP contribution in [0.5, 0.6) is 5.88 Å². The van der Waals surface area contributed by atoms with Gasteiger partial charge in [0.2, 0.25) is 5.88 Å². The first-order chi connectivity index (χ1) is 16.5. The van der Waals surface area contributed by atoms with Gasteiger partial charge in [0.25, 0.3) is 9.84 Å². The molecule has 0 radical (unpaired) electrons. The van der Waals surface area contributed by atoms with Crippen molar-refractivity contribution in [3.63, 3.8) is 0 Å². The number of benzene rings is 2. The molecular formula is C24H20F3N3O4S. The Labute approximate surface area is 198 Å². The molecule has 2 heterocycles. The van der Waals surface area contributed by atoms with E-state index < -0.39 is 31.8 Å². The molecule has 1 N–H and O–H groups in total. The molecule has 0 aliphatic carbocycles. The first-order valence-corrected chi connectivity index (χ1v) is 11.9. The van der Waals surface area contributed by atoms with Crippen molar-refractivity contribution in [2.24, 2.45) is 0 Å². The van der Waals surface area contributed by atoms with Gasteiger partial charge in [-0.2, -0.15) is 13.2 Å². The first kappa shape index (κ1) is 24.3. The lowest BCUT2D eigenvalue weighted by atomic mass is 10.1. The van der Waals surface area contributed by atoms with Crippen LogP contribution in [0.15, 0.2) is 82.6 Å². The summed E-state index contributed by atoms with van der Waals surface area (Å²) in [4.78, 5) is 16.5. The number of alkyl halides is 3. The lowest BCUT2D eigenvalue weighted by Gasteiger charge is -2.09. The SMILES string of the molecule is Cc1c(O)n(-c2ccc(S(=O)(=O)C(F)(F)F)cc2)c(=O)n1Cc1ccnc(Cc2ccccc2)c1. The highest BCUT2D eigenvalue weighted by Crippen LogP contribution is 2.31. The number of aromatic hydroxyl groups is 1. The Morgan fingerprint density at radius 2 is 1.63 bits per heavy atom. The molecule has 0 unspecified atom stereocenters. The predicted molar refractivity (Wildman–Crippen MR) is 122 cm³/mol. The normalized spacial score (nSPS) is 12.1. The summed E-state index contributed by atoms with van der Waals surface area (Å²) in [6.07, 6.45) is 2.23. The van der Waals surface area contributed by atoms with Crippen LogP contribution >= 0.6 is 0 Å². The molecule has 35 heavy (non-hydrogen) atoms. The maximum absolute atomic E-state index is 13.1. The van der Waals surface area contributed by atoms with Gasteiger partial charge in [-0.25, -0.2) is 17.8 Å². The van der Waals surface area contributed by atoms with Gasteiger partial charge < -0.3 is 5.11 Å². The van der Waals surface area contributed by atoms with E-state index in [-0.39, 0.29) is 17.9 Å². The number of nitrogens with zero attached hydrogens (tertiary/aromatic N) is 3. The number of pyridine rings is 1. The molecule has 7 nitrogen and oxygen atoms in total. The first-order valence-electron chi connectivity index (χ1n) is 10.4. The van der Waals surface area contributed by atoms with Crippen LogP contribution in [0.2, 0.25) is 0 Å². The van der Waals surface area contributed by atoms with Crippen LogP contribution in [-0.4, -0.2) is 33.2 Å². The average molecular weight is 504 g/mol. The zero-order chi connectivity index (χ0) is 25.4. The minimum atomic E-state index is -5.53. The third-order valence-corrected chi connectivity index (χ3v) is 7.02. The highest BCUT2D eigenvalue weighted by atomic mass is 32.2. The van der Waals surface area contributed by atoms with Crippen molar-refractivity contribution in [1.29, 1.82) is 0 Å². The fraction of sp³-hybridized carbons (Fsp3) is 0.167. The van der Waals surface area contributed by atoms with E-state index in [9.17, 15) is 31.5 Å². The third kappa shape index (κ3) is 4.72. The topological polar surface area (TPSA) is 94.2 Å². The van der Waals surface area contributed by atoms with Crippen molar-refractivity contribution in [3.05, 3.63) is 106 Å². The van der Waals surface area contributed by atoms with Crippen molar-refractivity contribution < 1.29 is 26.7 Å². The second kappa shape index (κ2) is 9.06. The molecule has 0 bridgehead atoms. The second-order valence-corrected chi connectivity index (χ2v) is 9.82. The number of rotatable bonds is 6. The van der Waals surface area contributed by atoms with Gasteiger partial charge >= 0.3 is 11.2 Å². The zero-order valence-corrected chi connectivity index (χ0v) is 19.2. The maximum atomic E-state index is 13.1. The molecule has 182 valence electrons. The molecule has 0 spiro atoms. The van der Waals surface area contributed by atoms with Crippen LogP contribution in [-0.2, 0) is 22.8 Å². The fourth-order valence-corrected chi connectivity index (χ4v) is 4.44. The quantitative estimate of drug-likeness (QED) is 0.430. The molecule has 0 amide bonds. The Balaban J connectivity index is 1.64. The van der Waals surface area contributed by atoms with E-state index in [1.165, 1.54) is 11.5 Å². The summed E-state index contributed by atoms with van der Waals surface area (Å²) >= 11 is 0. The highest BCUT2D eigenvalue weighted by Gasteiger charge is 2.46. The molecule has 11 heteroatoms. The largest absolute Gasteiger partial charge is 0.501 e. The van der Waals surface area contributed by atoms with E-state index >= 15 is 0 Å². The van der Waals surface area contributed by atoms with Crippen molar-refractivity contribution in [2.45, 2.75) is 30.3 Å². The summed E-state index contributed by atoms with van der Waals surface area (Å²) in [5.74, 6) is -0.403. The number of hydrogen-bond acceptors (Lipinski definition) is 5. The lowest BCUT2D eigenvalue weighted by molar-refractivity contribution is -0.0436. The molecular weight excluding hydrogens is 483 g/mol. The van der Waals surface area contributed by atoms with Crippen molar-refractivity contribution in [1.82, 2.24) is 14.1 Å². The Morgan fingerprint density at radius 3 is 2.26 bits per heavy atom. The van der Waals surface area contributed by atoms with Crippen LogP contribution in [0.1, 0.15) is 22.5 Å². The molecule has 0 saturated carbocycles. The van der Waals surface area contributed by atoms with Crippen molar-refractivity contribution >= 4 is 9.84 Å². The van der Waals surface area contributed by atoms with Gasteiger partial charge in [0, 0.05) is 18.3 Å². The van der Waals surface area contributed by atoms with E-state index in [1.54, 1.807) is 12.3 Å². The molecule has 4 rings (SSSR count). The number of halogens is 3. The summed E-state index contributed by atoms with van der Waals surface area (Å²) in [5.41, 5.74) is -3.18. The van der Waals surface area contributed by atoms with Gasteiger partial charge in [-0.05, 0) is 54.4 Å². The smallest absolute Gasteiger partial charge is 0.493 e. The van der Waals surface area contributed by atoms with E-state index in [0.29, 0.717) is 6.42 Å². The number of hydrogen-bond donors (Lipinski definition) is 1. The molecule has 0 aliphatic rings. The van der Waals surface area contributed by atoms with Gasteiger partial charge in [-0.3, -0.25) is 9.55 Å². The van der Waals surface area contributed by atoms with Crippen LogP contribution in [0.3, 0.4) is 0 Å². The van der Waals surface area contributed by atoms with Gasteiger partial charge in [0.15, 0.2) is 0 Å². The zero-order valence-electron chi connectivity index (χ0n) is 18.4. The van der Waals surface area contributed by atoms with Crippen LogP contribution in [0.4, 0.5) is 13.2 Å². The van der Waals surface area contributed by atoms with E-state index in [4.69, 9.17) is 0 Å². The van der Waals surface area contributed by atoms with Gasteiger partial charge in [0.05, 0.1) is 22.8 Å². The molecule has 0 aliphatic heterocycles. The van der Waals surface area contributed by atoms with E-state index in [2.05, 4.69) is 4.98 Å². The van der Waals surface area contributed by atoms with Crippen LogP contribution in [0, 0.1) is 6.92 Å². The lowest BCUT2D eigenvalue weighted by Crippen LogP contribution is -2.25. The fourth-order valence-electron chi connectivity index (χ4n) is 3.67. The number of aromatic nitrogens is 3. The highest BCUT2D eigenvalue weighted by molar-refractivity contribution is 7.92. The Morgan fingerprint density at radius 1 is 0.971 bits per heavy atom. The molecule has 2 aromatic heterocycles. The van der Waals surface area contributed by atoms with Crippen LogP contribution in [0.25, 0.3) is 5.69 Å². The minimum Gasteiger partial charge on any atom is -0.493 e. The monoisotopic (exact) mass is 503 g/mol. The number of imidazole rings is 1. The van der Waals surface area contributed by atoms with E-state index in [0.717, 1.165) is 45.7 Å². The standard InChI is InChI=1S/C24H20F3N3O4S/c1-16-22(31)30(20-7-9-21(10-8-20)35(33,34)24(25,26)27)23(32)29(16)15-18-11-12-28-19(14-18)13-17-5-3-2-4-6-17/h2-12,14,31H,13,15H2,1H3. The summed E-state index contributed by atoms with van der Waals surface area (Å²) < 4.78 is 63.8. The van der Waals surface area contributed by atoms with Gasteiger partial charge in [-0.15, -0.1) is 0 Å². The third-order valence-electron chi connectivity index (χ3n) is 5.52. The van der Waals surface area contributed by atoms with Crippen molar-refractivity contribution in [3.8, 4) is 11.6 Å². The number of sulfone groups is 1.